The number of nitrogens with zero attached hydrogens (tertiary/aromatic N) is 2. The molecule has 0 aliphatic carbocycles. The van der Waals surface area contributed by atoms with Crippen molar-refractivity contribution in [2.24, 2.45) is 0 Å². The Morgan fingerprint density at radius 2 is 1.83 bits per heavy atom. The molecule has 1 aliphatic rings. The number of anilines is 1. The molecule has 0 amide bonds. The van der Waals surface area contributed by atoms with Gasteiger partial charge in [0, 0.05) is 12.5 Å². The van der Waals surface area contributed by atoms with Gasteiger partial charge in [-0.25, -0.2) is 4.68 Å². The molecule has 6 heteroatoms. The van der Waals surface area contributed by atoms with E-state index < -0.39 is 18.3 Å². The third-order valence-electron chi connectivity index (χ3n) is 4.32. The van der Waals surface area contributed by atoms with Crippen molar-refractivity contribution in [2.75, 3.05) is 5.32 Å². The predicted molar refractivity (Wildman–Crippen MR) is 82.2 cm³/mol. The molecule has 0 fully saturated rings. The van der Waals surface area contributed by atoms with Gasteiger partial charge in [-0.2, -0.15) is 18.3 Å². The SMILES string of the molecule is FC(F)(F)[C@H]1C[C@@H](c2cccc3ccccc23)Nc2ccnn21. The summed E-state index contributed by atoms with van der Waals surface area (Å²) in [6.07, 6.45) is -3.01. The first-order chi connectivity index (χ1) is 11.0. The molecule has 4 rings (SSSR count). The molecule has 0 bridgehead atoms. The summed E-state index contributed by atoms with van der Waals surface area (Å²) in [5.41, 5.74) is 0.879. The molecule has 1 aliphatic heterocycles. The topological polar surface area (TPSA) is 29.9 Å². The van der Waals surface area contributed by atoms with Gasteiger partial charge in [-0.3, -0.25) is 0 Å². The minimum Gasteiger partial charge on any atom is -0.363 e. The Balaban J connectivity index is 1.81. The van der Waals surface area contributed by atoms with Crippen LogP contribution in [-0.4, -0.2) is 16.0 Å². The van der Waals surface area contributed by atoms with Gasteiger partial charge >= 0.3 is 6.18 Å². The van der Waals surface area contributed by atoms with Crippen molar-refractivity contribution in [3.63, 3.8) is 0 Å². The fourth-order valence-corrected chi connectivity index (χ4v) is 3.27. The third-order valence-corrected chi connectivity index (χ3v) is 4.32. The summed E-state index contributed by atoms with van der Waals surface area (Å²) >= 11 is 0. The van der Waals surface area contributed by atoms with E-state index in [4.69, 9.17) is 0 Å². The number of benzene rings is 2. The highest BCUT2D eigenvalue weighted by atomic mass is 19.4. The molecular formula is C17H14F3N3. The van der Waals surface area contributed by atoms with Crippen LogP contribution < -0.4 is 5.32 Å². The molecular weight excluding hydrogens is 303 g/mol. The van der Waals surface area contributed by atoms with Crippen molar-refractivity contribution >= 4 is 16.6 Å². The first-order valence-corrected chi connectivity index (χ1v) is 7.38. The van der Waals surface area contributed by atoms with E-state index in [1.807, 2.05) is 42.5 Å². The smallest absolute Gasteiger partial charge is 0.363 e. The molecule has 2 heterocycles. The van der Waals surface area contributed by atoms with Crippen LogP contribution in [0.3, 0.4) is 0 Å². The van der Waals surface area contributed by atoms with E-state index in [-0.39, 0.29) is 6.42 Å². The van der Waals surface area contributed by atoms with Crippen LogP contribution in [0.5, 0.6) is 0 Å². The molecule has 0 saturated carbocycles. The first kappa shape index (κ1) is 14.1. The number of aromatic nitrogens is 2. The number of hydrogen-bond acceptors (Lipinski definition) is 2. The van der Waals surface area contributed by atoms with Crippen LogP contribution in [0.1, 0.15) is 24.1 Å². The van der Waals surface area contributed by atoms with E-state index in [9.17, 15) is 13.2 Å². The summed E-state index contributed by atoms with van der Waals surface area (Å²) in [6.45, 7) is 0. The standard InChI is InChI=1S/C17H14F3N3/c18-17(19,20)15-10-14(22-16-8-9-21-23(15)16)13-7-3-5-11-4-1-2-6-12(11)13/h1-9,14-15,22H,10H2/t14-,15+/m0/s1. The minimum atomic E-state index is -4.33. The Labute approximate surface area is 130 Å². The van der Waals surface area contributed by atoms with Gasteiger partial charge in [0.05, 0.1) is 12.2 Å². The lowest BCUT2D eigenvalue weighted by molar-refractivity contribution is -0.173. The highest BCUT2D eigenvalue weighted by Gasteiger charge is 2.46. The number of nitrogens with one attached hydrogen (secondary N) is 1. The van der Waals surface area contributed by atoms with E-state index in [2.05, 4.69) is 10.4 Å². The molecule has 23 heavy (non-hydrogen) atoms. The second kappa shape index (κ2) is 5.01. The zero-order valence-electron chi connectivity index (χ0n) is 12.1. The maximum absolute atomic E-state index is 13.4. The molecule has 118 valence electrons. The fraction of sp³-hybridized carbons (Fsp3) is 0.235. The van der Waals surface area contributed by atoms with E-state index in [0.717, 1.165) is 21.0 Å². The van der Waals surface area contributed by atoms with Gasteiger partial charge in [-0.15, -0.1) is 0 Å². The minimum absolute atomic E-state index is 0.0772. The van der Waals surface area contributed by atoms with Crippen LogP contribution in [0.15, 0.2) is 54.7 Å². The molecule has 2 atom stereocenters. The molecule has 0 saturated heterocycles. The van der Waals surface area contributed by atoms with Crippen molar-refractivity contribution in [1.29, 1.82) is 0 Å². The summed E-state index contributed by atoms with van der Waals surface area (Å²) < 4.78 is 41.3. The summed E-state index contributed by atoms with van der Waals surface area (Å²) in [4.78, 5) is 0. The lowest BCUT2D eigenvalue weighted by atomic mass is 9.93. The zero-order chi connectivity index (χ0) is 16.0. The average Bonchev–Trinajstić information content (AvgIpc) is 3.00. The Hall–Kier alpha value is -2.50. The number of halogens is 3. The largest absolute Gasteiger partial charge is 0.410 e. The van der Waals surface area contributed by atoms with E-state index in [0.29, 0.717) is 5.82 Å². The Morgan fingerprint density at radius 3 is 2.65 bits per heavy atom. The molecule has 0 radical (unpaired) electrons. The number of alkyl halides is 3. The van der Waals surface area contributed by atoms with Crippen LogP contribution in [0.2, 0.25) is 0 Å². The van der Waals surface area contributed by atoms with Crippen molar-refractivity contribution in [2.45, 2.75) is 24.7 Å². The molecule has 2 aromatic carbocycles. The molecule has 1 aromatic heterocycles. The van der Waals surface area contributed by atoms with Crippen LogP contribution in [0.4, 0.5) is 19.0 Å². The number of hydrogen-bond donors (Lipinski definition) is 1. The highest BCUT2D eigenvalue weighted by Crippen LogP contribution is 2.44. The second-order valence-electron chi connectivity index (χ2n) is 5.72. The van der Waals surface area contributed by atoms with Crippen LogP contribution in [0.25, 0.3) is 10.8 Å². The fourth-order valence-electron chi connectivity index (χ4n) is 3.27. The second-order valence-corrected chi connectivity index (χ2v) is 5.72. The average molecular weight is 317 g/mol. The summed E-state index contributed by atoms with van der Waals surface area (Å²) in [7, 11) is 0. The number of fused-ring (bicyclic) bond motifs is 2. The van der Waals surface area contributed by atoms with Crippen molar-refractivity contribution in [1.82, 2.24) is 9.78 Å². The normalized spacial score (nSPS) is 21.0. The van der Waals surface area contributed by atoms with Crippen molar-refractivity contribution < 1.29 is 13.2 Å². The van der Waals surface area contributed by atoms with Gasteiger partial charge in [-0.05, 0) is 16.3 Å². The van der Waals surface area contributed by atoms with Crippen LogP contribution >= 0.6 is 0 Å². The maximum atomic E-state index is 13.4. The first-order valence-electron chi connectivity index (χ1n) is 7.38. The lowest BCUT2D eigenvalue weighted by Crippen LogP contribution is -2.35. The van der Waals surface area contributed by atoms with E-state index >= 15 is 0 Å². The van der Waals surface area contributed by atoms with Crippen LogP contribution in [0, 0.1) is 0 Å². The molecule has 3 aromatic rings. The summed E-state index contributed by atoms with van der Waals surface area (Å²) in [6, 6.07) is 13.0. The van der Waals surface area contributed by atoms with Gasteiger partial charge in [-0.1, -0.05) is 42.5 Å². The van der Waals surface area contributed by atoms with Gasteiger partial charge in [0.1, 0.15) is 5.82 Å². The van der Waals surface area contributed by atoms with E-state index in [1.165, 1.54) is 6.20 Å². The molecule has 0 spiro atoms. The zero-order valence-corrected chi connectivity index (χ0v) is 12.1. The molecule has 3 nitrogen and oxygen atoms in total. The highest BCUT2D eigenvalue weighted by molar-refractivity contribution is 5.86. The predicted octanol–water partition coefficient (Wildman–Crippen LogP) is 4.70. The van der Waals surface area contributed by atoms with E-state index in [1.54, 1.807) is 6.07 Å². The van der Waals surface area contributed by atoms with Gasteiger partial charge in [0.2, 0.25) is 0 Å². The summed E-state index contributed by atoms with van der Waals surface area (Å²) in [5.74, 6) is 0.400. The lowest BCUT2D eigenvalue weighted by Gasteiger charge is -2.34. The van der Waals surface area contributed by atoms with Gasteiger partial charge in [0.15, 0.2) is 6.04 Å². The van der Waals surface area contributed by atoms with Crippen LogP contribution in [-0.2, 0) is 0 Å². The van der Waals surface area contributed by atoms with Gasteiger partial charge in [0.25, 0.3) is 0 Å². The Kier molecular flexibility index (Phi) is 3.07. The maximum Gasteiger partial charge on any atom is 0.410 e. The summed E-state index contributed by atoms with van der Waals surface area (Å²) in [5, 5.41) is 9.01. The van der Waals surface area contributed by atoms with Crippen molar-refractivity contribution in [3.8, 4) is 0 Å². The monoisotopic (exact) mass is 317 g/mol. The molecule has 1 N–H and O–H groups in total. The quantitative estimate of drug-likeness (QED) is 0.705. The Morgan fingerprint density at radius 1 is 1.04 bits per heavy atom. The van der Waals surface area contributed by atoms with Crippen molar-refractivity contribution in [3.05, 3.63) is 60.3 Å². The Bertz CT molecular complexity index is 848. The number of rotatable bonds is 1. The third kappa shape index (κ3) is 2.34. The van der Waals surface area contributed by atoms with Gasteiger partial charge < -0.3 is 5.32 Å². The molecule has 0 unspecified atom stereocenters.